The highest BCUT2D eigenvalue weighted by molar-refractivity contribution is 5.95. The Hall–Kier alpha value is -1.93. The van der Waals surface area contributed by atoms with Gasteiger partial charge in [0.1, 0.15) is 11.9 Å². The Morgan fingerprint density at radius 3 is 2.67 bits per heavy atom. The summed E-state index contributed by atoms with van der Waals surface area (Å²) >= 11 is 0. The Morgan fingerprint density at radius 1 is 1.56 bits per heavy atom. The van der Waals surface area contributed by atoms with E-state index in [-0.39, 0.29) is 18.9 Å². The summed E-state index contributed by atoms with van der Waals surface area (Å²) in [6, 6.07) is -1.70. The molecule has 0 bridgehead atoms. The molecule has 1 aromatic heterocycles. The quantitative estimate of drug-likeness (QED) is 0.508. The molecule has 0 saturated carbocycles. The van der Waals surface area contributed by atoms with E-state index in [9.17, 15) is 9.59 Å². The third kappa shape index (κ3) is 3.54. The summed E-state index contributed by atoms with van der Waals surface area (Å²) in [6.07, 6.45) is 3.02. The van der Waals surface area contributed by atoms with Crippen molar-refractivity contribution < 1.29 is 14.7 Å². The van der Waals surface area contributed by atoms with Crippen molar-refractivity contribution in [1.82, 2.24) is 9.97 Å². The maximum atomic E-state index is 11.9. The normalized spacial score (nSPS) is 13.9. The number of carbonyl (C=O) groups is 2. The molecule has 2 atom stereocenters. The Bertz CT molecular complexity index is 404. The first-order valence-electron chi connectivity index (χ1n) is 5.47. The molecular formula is C10H17N5O3. The van der Waals surface area contributed by atoms with Crippen molar-refractivity contribution in [3.05, 3.63) is 12.5 Å². The Morgan fingerprint density at radius 2 is 2.22 bits per heavy atom. The molecule has 0 saturated heterocycles. The first-order valence-corrected chi connectivity index (χ1v) is 5.47. The summed E-state index contributed by atoms with van der Waals surface area (Å²) in [5, 5.41) is 8.70. The maximum Gasteiger partial charge on any atom is 0.320 e. The number of H-pyrrole nitrogens is 1. The van der Waals surface area contributed by atoms with Gasteiger partial charge in [0.15, 0.2) is 0 Å². The number of anilines is 1. The summed E-state index contributed by atoms with van der Waals surface area (Å²) in [5.74, 6) is -0.959. The number of rotatable bonds is 6. The SMILES string of the molecule is C[C@H](N)C(=O)N(CC[C@H](N)C(=O)O)c1cnc[nH]1. The van der Waals surface area contributed by atoms with Crippen LogP contribution in [-0.2, 0) is 9.59 Å². The number of carboxylic acids is 1. The predicted octanol–water partition coefficient (Wildman–Crippen LogP) is -1.11. The van der Waals surface area contributed by atoms with Crippen LogP contribution in [0.1, 0.15) is 13.3 Å². The second-order valence-corrected chi connectivity index (χ2v) is 3.95. The summed E-state index contributed by atoms with van der Waals surface area (Å²) in [5.41, 5.74) is 10.9. The zero-order valence-electron chi connectivity index (χ0n) is 10.0. The third-order valence-corrected chi connectivity index (χ3v) is 2.41. The van der Waals surface area contributed by atoms with Gasteiger partial charge in [-0.15, -0.1) is 0 Å². The molecule has 6 N–H and O–H groups in total. The second-order valence-electron chi connectivity index (χ2n) is 3.95. The molecule has 1 rings (SSSR count). The number of aromatic amines is 1. The van der Waals surface area contributed by atoms with E-state index in [0.717, 1.165) is 0 Å². The van der Waals surface area contributed by atoms with Gasteiger partial charge in [0.25, 0.3) is 0 Å². The van der Waals surface area contributed by atoms with Crippen LogP contribution in [0.2, 0.25) is 0 Å². The van der Waals surface area contributed by atoms with Gasteiger partial charge < -0.3 is 21.6 Å². The lowest BCUT2D eigenvalue weighted by molar-refractivity contribution is -0.138. The van der Waals surface area contributed by atoms with E-state index in [2.05, 4.69) is 9.97 Å². The molecule has 0 radical (unpaired) electrons. The molecule has 1 amide bonds. The molecule has 0 fully saturated rings. The van der Waals surface area contributed by atoms with Gasteiger partial charge >= 0.3 is 5.97 Å². The van der Waals surface area contributed by atoms with Crippen LogP contribution in [-0.4, -0.2) is 45.6 Å². The topological polar surface area (TPSA) is 138 Å². The number of nitrogens with zero attached hydrogens (tertiary/aromatic N) is 2. The van der Waals surface area contributed by atoms with E-state index in [1.165, 1.54) is 17.4 Å². The molecule has 0 aliphatic heterocycles. The van der Waals surface area contributed by atoms with Crippen LogP contribution < -0.4 is 16.4 Å². The smallest absolute Gasteiger partial charge is 0.320 e. The first kappa shape index (κ1) is 14.1. The number of amides is 1. The minimum absolute atomic E-state index is 0.132. The average molecular weight is 255 g/mol. The summed E-state index contributed by atoms with van der Waals surface area (Å²) in [4.78, 5) is 30.5. The lowest BCUT2D eigenvalue weighted by atomic mass is 10.2. The largest absolute Gasteiger partial charge is 0.480 e. The van der Waals surface area contributed by atoms with Gasteiger partial charge in [-0.1, -0.05) is 0 Å². The molecule has 0 aromatic carbocycles. The van der Waals surface area contributed by atoms with Crippen molar-refractivity contribution in [2.75, 3.05) is 11.4 Å². The fraction of sp³-hybridized carbons (Fsp3) is 0.500. The molecule has 100 valence electrons. The van der Waals surface area contributed by atoms with E-state index in [4.69, 9.17) is 16.6 Å². The van der Waals surface area contributed by atoms with Crippen molar-refractivity contribution in [3.63, 3.8) is 0 Å². The number of imidazole rings is 1. The van der Waals surface area contributed by atoms with E-state index >= 15 is 0 Å². The van der Waals surface area contributed by atoms with Crippen LogP contribution in [0.5, 0.6) is 0 Å². The number of carboxylic acid groups (broad SMARTS) is 1. The van der Waals surface area contributed by atoms with Crippen LogP contribution in [0.15, 0.2) is 12.5 Å². The van der Waals surface area contributed by atoms with Crippen LogP contribution in [0.25, 0.3) is 0 Å². The van der Waals surface area contributed by atoms with Crippen molar-refractivity contribution in [2.24, 2.45) is 11.5 Å². The van der Waals surface area contributed by atoms with Crippen molar-refractivity contribution in [1.29, 1.82) is 0 Å². The zero-order chi connectivity index (χ0) is 13.7. The van der Waals surface area contributed by atoms with Crippen molar-refractivity contribution in [3.8, 4) is 0 Å². The number of hydrogen-bond acceptors (Lipinski definition) is 5. The van der Waals surface area contributed by atoms with Crippen molar-refractivity contribution >= 4 is 17.7 Å². The number of nitrogens with one attached hydrogen (secondary N) is 1. The van der Waals surface area contributed by atoms with Gasteiger partial charge in [-0.2, -0.15) is 0 Å². The Balaban J connectivity index is 2.74. The Labute approximate surface area is 104 Å². The van der Waals surface area contributed by atoms with Gasteiger partial charge in [0.05, 0.1) is 18.6 Å². The third-order valence-electron chi connectivity index (χ3n) is 2.41. The molecule has 8 heteroatoms. The van der Waals surface area contributed by atoms with E-state index in [0.29, 0.717) is 5.82 Å². The summed E-state index contributed by atoms with van der Waals surface area (Å²) < 4.78 is 0. The molecule has 1 heterocycles. The van der Waals surface area contributed by atoms with Gasteiger partial charge in [-0.05, 0) is 13.3 Å². The van der Waals surface area contributed by atoms with E-state index < -0.39 is 18.1 Å². The van der Waals surface area contributed by atoms with Crippen LogP contribution >= 0.6 is 0 Å². The van der Waals surface area contributed by atoms with E-state index in [1.807, 2.05) is 0 Å². The number of nitrogens with two attached hydrogens (primary N) is 2. The van der Waals surface area contributed by atoms with Gasteiger partial charge in [0, 0.05) is 6.54 Å². The highest BCUT2D eigenvalue weighted by Gasteiger charge is 2.22. The molecule has 0 spiro atoms. The number of aliphatic carboxylic acids is 1. The van der Waals surface area contributed by atoms with Crippen LogP contribution in [0, 0.1) is 0 Å². The van der Waals surface area contributed by atoms with Crippen molar-refractivity contribution in [2.45, 2.75) is 25.4 Å². The average Bonchev–Trinajstić information content (AvgIpc) is 2.82. The monoisotopic (exact) mass is 255 g/mol. The lowest BCUT2D eigenvalue weighted by Gasteiger charge is -2.23. The summed E-state index contributed by atoms with van der Waals surface area (Å²) in [6.45, 7) is 1.72. The lowest BCUT2D eigenvalue weighted by Crippen LogP contribution is -2.45. The molecule has 0 aliphatic carbocycles. The maximum absolute atomic E-state index is 11.9. The zero-order valence-corrected chi connectivity index (χ0v) is 10.0. The fourth-order valence-electron chi connectivity index (χ4n) is 1.38. The highest BCUT2D eigenvalue weighted by Crippen LogP contribution is 2.11. The minimum Gasteiger partial charge on any atom is -0.480 e. The van der Waals surface area contributed by atoms with Crippen LogP contribution in [0.4, 0.5) is 5.82 Å². The molecule has 18 heavy (non-hydrogen) atoms. The molecule has 0 aliphatic rings. The number of aromatic nitrogens is 2. The Kier molecular flexibility index (Phi) is 4.81. The standard InChI is InChI=1S/C10H17N5O3/c1-6(11)9(16)15(8-4-13-5-14-8)3-2-7(12)10(17)18/h4-7H,2-3,11-12H2,1H3,(H,13,14)(H,17,18)/t6-,7-/m0/s1. The number of carbonyl (C=O) groups excluding carboxylic acids is 1. The second kappa shape index (κ2) is 6.12. The highest BCUT2D eigenvalue weighted by atomic mass is 16.4. The summed E-state index contributed by atoms with van der Waals surface area (Å²) in [7, 11) is 0. The fourth-order valence-corrected chi connectivity index (χ4v) is 1.38. The first-order chi connectivity index (χ1) is 8.43. The van der Waals surface area contributed by atoms with Crippen LogP contribution in [0.3, 0.4) is 0 Å². The molecule has 1 aromatic rings. The molecule has 8 nitrogen and oxygen atoms in total. The number of hydrogen-bond donors (Lipinski definition) is 4. The van der Waals surface area contributed by atoms with E-state index in [1.54, 1.807) is 6.92 Å². The van der Waals surface area contributed by atoms with Gasteiger partial charge in [-0.25, -0.2) is 4.98 Å². The molecular weight excluding hydrogens is 238 g/mol. The van der Waals surface area contributed by atoms with Gasteiger partial charge in [0.2, 0.25) is 5.91 Å². The van der Waals surface area contributed by atoms with Gasteiger partial charge in [-0.3, -0.25) is 14.5 Å². The predicted molar refractivity (Wildman–Crippen MR) is 64.8 cm³/mol. The molecule has 0 unspecified atom stereocenters. The minimum atomic E-state index is -1.10.